The van der Waals surface area contributed by atoms with E-state index < -0.39 is 0 Å². The van der Waals surface area contributed by atoms with Gasteiger partial charge in [0.15, 0.2) is 0 Å². The third-order valence-electron chi connectivity index (χ3n) is 4.74. The number of nitrogens with two attached hydrogens (primary N) is 1. The molecule has 0 saturated carbocycles. The summed E-state index contributed by atoms with van der Waals surface area (Å²) < 4.78 is 2.48. The van der Waals surface area contributed by atoms with Gasteiger partial charge in [-0.3, -0.25) is 4.90 Å². The summed E-state index contributed by atoms with van der Waals surface area (Å²) in [6, 6.07) is 9.29. The van der Waals surface area contributed by atoms with Crippen LogP contribution in [0.4, 0.5) is 0 Å². The average molecular weight is 300 g/mol. The summed E-state index contributed by atoms with van der Waals surface area (Å²) in [5.74, 6) is 0. The van der Waals surface area contributed by atoms with Crippen LogP contribution >= 0.6 is 0 Å². The molecular formula is C18H28N4. The van der Waals surface area contributed by atoms with Crippen LogP contribution in [0.5, 0.6) is 0 Å². The number of hydrogen-bond acceptors (Lipinski definition) is 3. The van der Waals surface area contributed by atoms with Gasteiger partial charge in [0.05, 0.1) is 5.52 Å². The molecule has 1 aromatic carbocycles. The minimum Gasteiger partial charge on any atom is -0.341 e. The fraction of sp³-hybridized carbons (Fsp3) is 0.556. The number of fused-ring (bicyclic) bond motifs is 1. The zero-order chi connectivity index (χ0) is 15.7. The van der Waals surface area contributed by atoms with Gasteiger partial charge in [0.2, 0.25) is 0 Å². The van der Waals surface area contributed by atoms with Crippen LogP contribution in [0.15, 0.2) is 24.3 Å². The number of benzene rings is 1. The second-order valence-electron chi connectivity index (χ2n) is 6.74. The number of hydrogen-bond donors (Lipinski definition) is 1. The SMILES string of the molecule is CC(C)n1c(CN2CCN(C)CC2)cc2cccc(CN)c21. The van der Waals surface area contributed by atoms with Gasteiger partial charge in [0.1, 0.15) is 0 Å². The van der Waals surface area contributed by atoms with E-state index in [2.05, 4.69) is 59.5 Å². The normalized spacial score (nSPS) is 17.7. The lowest BCUT2D eigenvalue weighted by Crippen LogP contribution is -2.44. The zero-order valence-corrected chi connectivity index (χ0v) is 14.0. The maximum atomic E-state index is 5.96. The van der Waals surface area contributed by atoms with Crippen molar-refractivity contribution in [1.82, 2.24) is 14.4 Å². The minimum absolute atomic E-state index is 0.452. The summed E-state index contributed by atoms with van der Waals surface area (Å²) in [5.41, 5.74) is 9.95. The van der Waals surface area contributed by atoms with Gasteiger partial charge in [-0.15, -0.1) is 0 Å². The summed E-state index contributed by atoms with van der Waals surface area (Å²) in [4.78, 5) is 4.97. The lowest BCUT2D eigenvalue weighted by atomic mass is 10.1. The highest BCUT2D eigenvalue weighted by Gasteiger charge is 2.19. The fourth-order valence-electron chi connectivity index (χ4n) is 3.53. The van der Waals surface area contributed by atoms with E-state index in [-0.39, 0.29) is 0 Å². The van der Waals surface area contributed by atoms with Crippen molar-refractivity contribution >= 4 is 10.9 Å². The van der Waals surface area contributed by atoms with E-state index >= 15 is 0 Å². The number of likely N-dealkylation sites (N-methyl/N-ethyl adjacent to an activating group) is 1. The molecule has 4 heteroatoms. The van der Waals surface area contributed by atoms with Crippen molar-refractivity contribution < 1.29 is 0 Å². The third-order valence-corrected chi connectivity index (χ3v) is 4.74. The third kappa shape index (κ3) is 2.91. The van der Waals surface area contributed by atoms with E-state index in [1.165, 1.54) is 22.2 Å². The van der Waals surface area contributed by atoms with Crippen LogP contribution < -0.4 is 5.73 Å². The van der Waals surface area contributed by atoms with Crippen molar-refractivity contribution in [3.8, 4) is 0 Å². The molecule has 2 heterocycles. The number of nitrogens with zero attached hydrogens (tertiary/aromatic N) is 3. The zero-order valence-electron chi connectivity index (χ0n) is 14.0. The maximum absolute atomic E-state index is 5.96. The largest absolute Gasteiger partial charge is 0.341 e. The second kappa shape index (κ2) is 6.41. The van der Waals surface area contributed by atoms with Crippen molar-refractivity contribution in [2.24, 2.45) is 5.73 Å². The van der Waals surface area contributed by atoms with E-state index in [1.54, 1.807) is 0 Å². The molecule has 22 heavy (non-hydrogen) atoms. The highest BCUT2D eigenvalue weighted by Crippen LogP contribution is 2.28. The van der Waals surface area contributed by atoms with Gasteiger partial charge in [-0.2, -0.15) is 0 Å². The number of para-hydroxylation sites is 1. The Kier molecular flexibility index (Phi) is 4.52. The van der Waals surface area contributed by atoms with Crippen molar-refractivity contribution in [1.29, 1.82) is 0 Å². The number of piperazine rings is 1. The van der Waals surface area contributed by atoms with Gasteiger partial charge >= 0.3 is 0 Å². The molecule has 0 amide bonds. The highest BCUT2D eigenvalue weighted by atomic mass is 15.3. The molecule has 0 aliphatic carbocycles. The van der Waals surface area contributed by atoms with Crippen LogP contribution in [0, 0.1) is 0 Å². The number of aromatic nitrogens is 1. The summed E-state index contributed by atoms with van der Waals surface area (Å²) in [7, 11) is 2.20. The van der Waals surface area contributed by atoms with Crippen molar-refractivity contribution in [3.05, 3.63) is 35.5 Å². The Morgan fingerprint density at radius 3 is 2.50 bits per heavy atom. The Morgan fingerprint density at radius 1 is 1.14 bits per heavy atom. The molecular weight excluding hydrogens is 272 g/mol. The molecule has 0 bridgehead atoms. The van der Waals surface area contributed by atoms with Crippen LogP contribution in [0.1, 0.15) is 31.1 Å². The fourth-order valence-corrected chi connectivity index (χ4v) is 3.53. The molecule has 2 aromatic rings. The van der Waals surface area contributed by atoms with Gasteiger partial charge in [0, 0.05) is 56.4 Å². The topological polar surface area (TPSA) is 37.4 Å². The Bertz CT molecular complexity index is 636. The van der Waals surface area contributed by atoms with Crippen LogP contribution in [0.25, 0.3) is 10.9 Å². The smallest absolute Gasteiger partial charge is 0.0530 e. The van der Waals surface area contributed by atoms with Crippen LogP contribution in [0.3, 0.4) is 0 Å². The molecule has 1 saturated heterocycles. The van der Waals surface area contributed by atoms with Crippen LogP contribution in [0.2, 0.25) is 0 Å². The molecule has 0 unspecified atom stereocenters. The highest BCUT2D eigenvalue weighted by molar-refractivity contribution is 5.84. The lowest BCUT2D eigenvalue weighted by Gasteiger charge is -2.32. The molecule has 1 fully saturated rings. The molecule has 4 nitrogen and oxygen atoms in total. The lowest BCUT2D eigenvalue weighted by molar-refractivity contribution is 0.145. The molecule has 1 aliphatic heterocycles. The van der Waals surface area contributed by atoms with E-state index in [1.807, 2.05) is 0 Å². The standard InChI is InChI=1S/C18H28N4/c1-14(2)22-17(13-21-9-7-20(3)8-10-21)11-15-5-4-6-16(12-19)18(15)22/h4-6,11,14H,7-10,12-13,19H2,1-3H3. The maximum Gasteiger partial charge on any atom is 0.0530 e. The predicted molar refractivity (Wildman–Crippen MR) is 93.0 cm³/mol. The first-order chi connectivity index (χ1) is 10.6. The first kappa shape index (κ1) is 15.5. The molecule has 0 radical (unpaired) electrons. The quantitative estimate of drug-likeness (QED) is 0.942. The summed E-state index contributed by atoms with van der Waals surface area (Å²) in [6.07, 6.45) is 0. The van der Waals surface area contributed by atoms with Crippen molar-refractivity contribution in [3.63, 3.8) is 0 Å². The van der Waals surface area contributed by atoms with E-state index in [9.17, 15) is 0 Å². The Morgan fingerprint density at radius 2 is 1.86 bits per heavy atom. The van der Waals surface area contributed by atoms with Crippen molar-refractivity contribution in [2.75, 3.05) is 33.2 Å². The molecule has 0 spiro atoms. The van der Waals surface area contributed by atoms with E-state index in [0.29, 0.717) is 12.6 Å². The van der Waals surface area contributed by atoms with Gasteiger partial charge in [-0.05, 0) is 32.5 Å². The molecule has 2 N–H and O–H groups in total. The molecule has 3 rings (SSSR count). The van der Waals surface area contributed by atoms with Crippen LogP contribution in [-0.4, -0.2) is 47.6 Å². The Labute approximate surface area is 133 Å². The van der Waals surface area contributed by atoms with Gasteiger partial charge < -0.3 is 15.2 Å². The molecule has 0 atom stereocenters. The van der Waals surface area contributed by atoms with Crippen molar-refractivity contribution in [2.45, 2.75) is 33.0 Å². The molecule has 1 aliphatic rings. The summed E-state index contributed by atoms with van der Waals surface area (Å²) in [6.45, 7) is 10.8. The summed E-state index contributed by atoms with van der Waals surface area (Å²) >= 11 is 0. The number of rotatable bonds is 4. The van der Waals surface area contributed by atoms with Crippen LogP contribution in [-0.2, 0) is 13.1 Å². The molecule has 1 aromatic heterocycles. The first-order valence-electron chi connectivity index (χ1n) is 8.33. The predicted octanol–water partition coefficient (Wildman–Crippen LogP) is 2.43. The average Bonchev–Trinajstić information content (AvgIpc) is 2.87. The Balaban J connectivity index is 1.96. The monoisotopic (exact) mass is 300 g/mol. The Hall–Kier alpha value is -1.36. The van der Waals surface area contributed by atoms with Gasteiger partial charge in [-0.25, -0.2) is 0 Å². The minimum atomic E-state index is 0.452. The molecule has 120 valence electrons. The van der Waals surface area contributed by atoms with Gasteiger partial charge in [0.25, 0.3) is 0 Å². The van der Waals surface area contributed by atoms with Gasteiger partial charge in [-0.1, -0.05) is 18.2 Å². The summed E-state index contributed by atoms with van der Waals surface area (Å²) in [5, 5.41) is 1.32. The first-order valence-corrected chi connectivity index (χ1v) is 8.33. The van der Waals surface area contributed by atoms with E-state index in [4.69, 9.17) is 5.73 Å². The van der Waals surface area contributed by atoms with E-state index in [0.717, 1.165) is 32.7 Å². The second-order valence-corrected chi connectivity index (χ2v) is 6.74.